The second-order valence-electron chi connectivity index (χ2n) is 5.11. The molecule has 0 amide bonds. The van der Waals surface area contributed by atoms with Crippen LogP contribution in [0.2, 0.25) is 0 Å². The first-order valence-electron chi connectivity index (χ1n) is 5.52. The SMILES string of the molecule is CC1C2(C=O)OC12C1CCN(C)CC1. The Kier molecular flexibility index (Phi) is 1.51. The Morgan fingerprint density at radius 1 is 1.43 bits per heavy atom. The summed E-state index contributed by atoms with van der Waals surface area (Å²) >= 11 is 0. The minimum Gasteiger partial charge on any atom is -0.353 e. The van der Waals surface area contributed by atoms with Gasteiger partial charge in [0.05, 0.1) is 0 Å². The molecular formula is C11H17NO2. The standard InChI is InChI=1S/C11H17NO2/c1-8-10(7-13)11(8,14-10)9-3-5-12(2)6-4-9/h7-9H,3-6H2,1-2H3. The van der Waals surface area contributed by atoms with Crippen molar-refractivity contribution in [2.75, 3.05) is 20.1 Å². The van der Waals surface area contributed by atoms with E-state index in [1.54, 1.807) is 0 Å². The Balaban J connectivity index is 1.72. The number of likely N-dealkylation sites (tertiary alicyclic amines) is 1. The first-order chi connectivity index (χ1) is 6.67. The van der Waals surface area contributed by atoms with Gasteiger partial charge >= 0.3 is 0 Å². The lowest BCUT2D eigenvalue weighted by atomic mass is 9.89. The van der Waals surface area contributed by atoms with Crippen molar-refractivity contribution in [3.05, 3.63) is 0 Å². The Hall–Kier alpha value is -0.410. The van der Waals surface area contributed by atoms with Gasteiger partial charge in [-0.3, -0.25) is 4.79 Å². The predicted molar refractivity (Wildman–Crippen MR) is 52.0 cm³/mol. The number of ether oxygens (including phenoxy) is 1. The number of piperidine rings is 1. The van der Waals surface area contributed by atoms with E-state index in [1.165, 1.54) is 12.8 Å². The third-order valence-corrected chi connectivity index (χ3v) is 4.61. The molecule has 3 unspecified atom stereocenters. The third kappa shape index (κ3) is 0.751. The van der Waals surface area contributed by atoms with E-state index in [1.807, 2.05) is 0 Å². The summed E-state index contributed by atoms with van der Waals surface area (Å²) in [5.74, 6) is 1.10. The van der Waals surface area contributed by atoms with Crippen molar-refractivity contribution in [1.82, 2.24) is 4.90 Å². The van der Waals surface area contributed by atoms with E-state index in [0.717, 1.165) is 19.4 Å². The van der Waals surface area contributed by atoms with Crippen molar-refractivity contribution in [3.63, 3.8) is 0 Å². The van der Waals surface area contributed by atoms with E-state index in [0.29, 0.717) is 11.8 Å². The van der Waals surface area contributed by atoms with E-state index >= 15 is 0 Å². The number of aldehydes is 1. The quantitative estimate of drug-likeness (QED) is 0.480. The third-order valence-electron chi connectivity index (χ3n) is 4.61. The lowest BCUT2D eigenvalue weighted by molar-refractivity contribution is -0.113. The van der Waals surface area contributed by atoms with Gasteiger partial charge in [-0.25, -0.2) is 0 Å². The average molecular weight is 195 g/mol. The molecule has 0 aromatic rings. The van der Waals surface area contributed by atoms with Crippen molar-refractivity contribution in [2.24, 2.45) is 11.8 Å². The lowest BCUT2D eigenvalue weighted by Crippen LogP contribution is -2.35. The number of nitrogens with zero attached hydrogens (tertiary/aromatic N) is 1. The summed E-state index contributed by atoms with van der Waals surface area (Å²) in [6, 6.07) is 0. The van der Waals surface area contributed by atoms with E-state index in [2.05, 4.69) is 18.9 Å². The summed E-state index contributed by atoms with van der Waals surface area (Å²) in [6.07, 6.45) is 3.42. The number of hydrogen-bond acceptors (Lipinski definition) is 3. The molecule has 0 spiro atoms. The smallest absolute Gasteiger partial charge is 0.159 e. The molecule has 0 aromatic heterocycles. The minimum absolute atomic E-state index is 0.0178. The van der Waals surface area contributed by atoms with Crippen molar-refractivity contribution in [2.45, 2.75) is 31.0 Å². The van der Waals surface area contributed by atoms with Gasteiger partial charge in [-0.1, -0.05) is 6.92 Å². The molecule has 1 saturated carbocycles. The lowest BCUT2D eigenvalue weighted by Gasteiger charge is -2.30. The van der Waals surface area contributed by atoms with Crippen molar-refractivity contribution >= 4 is 6.29 Å². The number of fused-ring (bicyclic) bond motifs is 1. The molecule has 3 atom stereocenters. The molecule has 2 saturated heterocycles. The summed E-state index contributed by atoms with van der Waals surface area (Å²) in [5.41, 5.74) is -0.358. The number of carbonyl (C=O) groups excluding carboxylic acids is 1. The van der Waals surface area contributed by atoms with Gasteiger partial charge in [0, 0.05) is 5.92 Å². The molecule has 0 radical (unpaired) electrons. The normalized spacial score (nSPS) is 52.6. The molecule has 3 rings (SSSR count). The largest absolute Gasteiger partial charge is 0.353 e. The van der Waals surface area contributed by atoms with E-state index in [9.17, 15) is 4.79 Å². The highest BCUT2D eigenvalue weighted by Crippen LogP contribution is 2.78. The molecular weight excluding hydrogens is 178 g/mol. The highest BCUT2D eigenvalue weighted by molar-refractivity contribution is 5.80. The summed E-state index contributed by atoms with van der Waals surface area (Å²) in [5, 5.41) is 0. The van der Waals surface area contributed by atoms with Gasteiger partial charge in [0.25, 0.3) is 0 Å². The van der Waals surface area contributed by atoms with Crippen molar-refractivity contribution in [3.8, 4) is 0 Å². The zero-order valence-electron chi connectivity index (χ0n) is 8.82. The van der Waals surface area contributed by atoms with Crippen molar-refractivity contribution < 1.29 is 9.53 Å². The van der Waals surface area contributed by atoms with Crippen LogP contribution in [-0.2, 0) is 9.53 Å². The first kappa shape index (κ1) is 8.86. The fraction of sp³-hybridized carbons (Fsp3) is 0.909. The topological polar surface area (TPSA) is 32.8 Å². The van der Waals surface area contributed by atoms with Crippen LogP contribution >= 0.6 is 0 Å². The zero-order valence-corrected chi connectivity index (χ0v) is 8.82. The molecule has 3 fully saturated rings. The molecule has 3 aliphatic rings. The average Bonchev–Trinajstić information content (AvgIpc) is 3.03. The summed E-state index contributed by atoms with van der Waals surface area (Å²) in [7, 11) is 2.16. The van der Waals surface area contributed by atoms with Crippen LogP contribution in [0.1, 0.15) is 19.8 Å². The van der Waals surface area contributed by atoms with Gasteiger partial charge < -0.3 is 9.64 Å². The Morgan fingerprint density at radius 2 is 2.07 bits per heavy atom. The summed E-state index contributed by atoms with van der Waals surface area (Å²) in [6.45, 7) is 4.45. The van der Waals surface area contributed by atoms with Gasteiger partial charge in [-0.15, -0.1) is 0 Å². The monoisotopic (exact) mass is 195 g/mol. The fourth-order valence-electron chi connectivity index (χ4n) is 3.43. The number of epoxide rings is 1. The summed E-state index contributed by atoms with van der Waals surface area (Å²) in [4.78, 5) is 13.3. The van der Waals surface area contributed by atoms with Crippen molar-refractivity contribution in [1.29, 1.82) is 0 Å². The Morgan fingerprint density at radius 3 is 2.50 bits per heavy atom. The van der Waals surface area contributed by atoms with Gasteiger partial charge in [0.2, 0.25) is 0 Å². The van der Waals surface area contributed by atoms with Gasteiger partial charge in [-0.05, 0) is 38.9 Å². The Bertz CT molecular complexity index is 285. The predicted octanol–water partition coefficient (Wildman–Crippen LogP) is 0.685. The van der Waals surface area contributed by atoms with Crippen LogP contribution in [0.25, 0.3) is 0 Å². The molecule has 0 aromatic carbocycles. The summed E-state index contributed by atoms with van der Waals surface area (Å²) < 4.78 is 5.63. The molecule has 14 heavy (non-hydrogen) atoms. The number of hydrogen-bond donors (Lipinski definition) is 0. The first-order valence-corrected chi connectivity index (χ1v) is 5.52. The van der Waals surface area contributed by atoms with E-state index in [-0.39, 0.29) is 11.2 Å². The fourth-order valence-corrected chi connectivity index (χ4v) is 3.43. The zero-order chi connectivity index (χ0) is 9.97. The minimum atomic E-state index is -0.340. The highest BCUT2D eigenvalue weighted by Gasteiger charge is 2.94. The van der Waals surface area contributed by atoms with Crippen LogP contribution < -0.4 is 0 Å². The molecule has 2 aliphatic heterocycles. The van der Waals surface area contributed by atoms with Gasteiger partial charge in [0.15, 0.2) is 11.9 Å². The number of rotatable bonds is 2. The van der Waals surface area contributed by atoms with Crippen LogP contribution in [-0.4, -0.2) is 42.5 Å². The van der Waals surface area contributed by atoms with Crippen LogP contribution in [0.4, 0.5) is 0 Å². The molecule has 3 nitrogen and oxygen atoms in total. The Labute approximate surface area is 84.4 Å². The van der Waals surface area contributed by atoms with E-state index < -0.39 is 0 Å². The maximum atomic E-state index is 10.9. The number of carbonyl (C=O) groups is 1. The van der Waals surface area contributed by atoms with Crippen LogP contribution in [0, 0.1) is 11.8 Å². The maximum absolute atomic E-state index is 10.9. The molecule has 78 valence electrons. The second-order valence-corrected chi connectivity index (χ2v) is 5.11. The van der Waals surface area contributed by atoms with Crippen LogP contribution in [0.15, 0.2) is 0 Å². The molecule has 1 aliphatic carbocycles. The van der Waals surface area contributed by atoms with Gasteiger partial charge in [0.1, 0.15) is 5.60 Å². The van der Waals surface area contributed by atoms with Crippen LogP contribution in [0.3, 0.4) is 0 Å². The molecule has 2 heterocycles. The molecule has 0 N–H and O–H groups in total. The van der Waals surface area contributed by atoms with Crippen LogP contribution in [0.5, 0.6) is 0 Å². The maximum Gasteiger partial charge on any atom is 0.159 e. The second kappa shape index (κ2) is 2.39. The highest BCUT2D eigenvalue weighted by atomic mass is 16.7. The molecule has 3 heteroatoms. The molecule has 0 bridgehead atoms. The van der Waals surface area contributed by atoms with Gasteiger partial charge in [-0.2, -0.15) is 0 Å². The van der Waals surface area contributed by atoms with E-state index in [4.69, 9.17) is 4.74 Å².